The van der Waals surface area contributed by atoms with E-state index in [1.54, 1.807) is 0 Å². The smallest absolute Gasteiger partial charge is 0.0696 e. The average molecular weight is 260 g/mol. The van der Waals surface area contributed by atoms with E-state index in [4.69, 9.17) is 23.2 Å². The van der Waals surface area contributed by atoms with Gasteiger partial charge >= 0.3 is 0 Å². The Morgan fingerprint density at radius 1 is 1.31 bits per heavy atom. The molecule has 88 valence electrons. The van der Waals surface area contributed by atoms with Gasteiger partial charge in [-0.25, -0.2) is 0 Å². The fourth-order valence-electron chi connectivity index (χ4n) is 2.10. The number of halogens is 2. The zero-order valence-electron chi connectivity index (χ0n) is 8.92. The van der Waals surface area contributed by atoms with Gasteiger partial charge in [0.05, 0.1) is 16.1 Å². The molecule has 1 heterocycles. The zero-order chi connectivity index (χ0) is 11.5. The Hall–Kier alpha value is -0.280. The van der Waals surface area contributed by atoms with Gasteiger partial charge in [0.15, 0.2) is 0 Å². The summed E-state index contributed by atoms with van der Waals surface area (Å²) in [4.78, 5) is 0. The first-order valence-corrected chi connectivity index (χ1v) is 6.25. The van der Waals surface area contributed by atoms with Crippen LogP contribution in [-0.2, 0) is 6.42 Å². The van der Waals surface area contributed by atoms with E-state index in [1.807, 2.05) is 18.2 Å². The van der Waals surface area contributed by atoms with Crippen molar-refractivity contribution < 1.29 is 5.11 Å². The molecule has 0 amide bonds. The molecule has 1 aromatic rings. The molecule has 0 bridgehead atoms. The highest BCUT2D eigenvalue weighted by atomic mass is 35.5. The number of nitrogens with one attached hydrogen (secondary N) is 1. The van der Waals surface area contributed by atoms with E-state index in [-0.39, 0.29) is 6.10 Å². The summed E-state index contributed by atoms with van der Waals surface area (Å²) in [5.41, 5.74) is 1.14. The summed E-state index contributed by atoms with van der Waals surface area (Å²) in [7, 11) is 0. The molecule has 0 aromatic heterocycles. The molecule has 0 spiro atoms. The van der Waals surface area contributed by atoms with Crippen molar-refractivity contribution in [3.63, 3.8) is 0 Å². The van der Waals surface area contributed by atoms with Crippen LogP contribution in [0.3, 0.4) is 0 Å². The van der Waals surface area contributed by atoms with Crippen molar-refractivity contribution in [3.8, 4) is 0 Å². The van der Waals surface area contributed by atoms with E-state index in [2.05, 4.69) is 5.32 Å². The number of rotatable bonds is 2. The molecule has 0 radical (unpaired) electrons. The highest BCUT2D eigenvalue weighted by Crippen LogP contribution is 2.25. The van der Waals surface area contributed by atoms with Gasteiger partial charge in [0.1, 0.15) is 0 Å². The molecular formula is C12H15Cl2NO. The highest BCUT2D eigenvalue weighted by Gasteiger charge is 2.22. The summed E-state index contributed by atoms with van der Waals surface area (Å²) in [5.74, 6) is 0.318. The molecule has 1 aliphatic rings. The second kappa shape index (κ2) is 5.37. The summed E-state index contributed by atoms with van der Waals surface area (Å²) < 4.78 is 0. The quantitative estimate of drug-likeness (QED) is 0.856. The van der Waals surface area contributed by atoms with Crippen LogP contribution in [0.5, 0.6) is 0 Å². The fourth-order valence-corrected chi connectivity index (χ4v) is 2.42. The Morgan fingerprint density at radius 2 is 2.12 bits per heavy atom. The third-order valence-electron chi connectivity index (χ3n) is 3.07. The first kappa shape index (κ1) is 12.2. The van der Waals surface area contributed by atoms with E-state index in [0.29, 0.717) is 22.5 Å². The maximum Gasteiger partial charge on any atom is 0.0696 e. The third-order valence-corrected chi connectivity index (χ3v) is 3.81. The van der Waals surface area contributed by atoms with Crippen molar-refractivity contribution in [2.75, 3.05) is 13.1 Å². The van der Waals surface area contributed by atoms with Gasteiger partial charge in [-0.3, -0.25) is 0 Å². The van der Waals surface area contributed by atoms with E-state index >= 15 is 0 Å². The number of benzene rings is 1. The lowest BCUT2D eigenvalue weighted by Crippen LogP contribution is -2.41. The van der Waals surface area contributed by atoms with Crippen molar-refractivity contribution in [1.29, 1.82) is 0 Å². The zero-order valence-corrected chi connectivity index (χ0v) is 10.4. The van der Waals surface area contributed by atoms with Crippen molar-refractivity contribution in [3.05, 3.63) is 33.8 Å². The molecule has 0 saturated carbocycles. The van der Waals surface area contributed by atoms with Crippen LogP contribution in [-0.4, -0.2) is 24.3 Å². The van der Waals surface area contributed by atoms with Crippen LogP contribution in [0.25, 0.3) is 0 Å². The van der Waals surface area contributed by atoms with Crippen LogP contribution in [0, 0.1) is 5.92 Å². The van der Waals surface area contributed by atoms with Gasteiger partial charge in [-0.1, -0.05) is 29.3 Å². The van der Waals surface area contributed by atoms with Crippen LogP contribution in [0.1, 0.15) is 12.0 Å². The van der Waals surface area contributed by atoms with Gasteiger partial charge in [-0.15, -0.1) is 0 Å². The molecule has 4 heteroatoms. The molecule has 1 saturated heterocycles. The number of hydrogen-bond acceptors (Lipinski definition) is 2. The van der Waals surface area contributed by atoms with Crippen molar-refractivity contribution >= 4 is 23.2 Å². The maximum absolute atomic E-state index is 9.83. The SMILES string of the molecule is OC1CNCCC1Cc1ccc(Cl)c(Cl)c1. The molecule has 2 rings (SSSR count). The van der Waals surface area contributed by atoms with Gasteiger partial charge in [0.25, 0.3) is 0 Å². The van der Waals surface area contributed by atoms with Gasteiger partial charge in [0.2, 0.25) is 0 Å². The second-order valence-electron chi connectivity index (χ2n) is 4.27. The largest absolute Gasteiger partial charge is 0.392 e. The lowest BCUT2D eigenvalue weighted by molar-refractivity contribution is 0.0820. The van der Waals surface area contributed by atoms with Crippen LogP contribution < -0.4 is 5.32 Å². The van der Waals surface area contributed by atoms with Crippen molar-refractivity contribution in [2.45, 2.75) is 18.9 Å². The number of β-amino-alcohol motifs (C(OH)–C–C–N with tert-alkyl or cyclic N) is 1. The van der Waals surface area contributed by atoms with Crippen LogP contribution in [0.2, 0.25) is 10.0 Å². The number of hydrogen-bond donors (Lipinski definition) is 2. The standard InChI is InChI=1S/C12H15Cl2NO/c13-10-2-1-8(6-11(10)14)5-9-3-4-15-7-12(9)16/h1-2,6,9,12,15-16H,3-5,7H2. The number of aliphatic hydroxyl groups is 1. The first-order valence-electron chi connectivity index (χ1n) is 5.49. The summed E-state index contributed by atoms with van der Waals surface area (Å²) >= 11 is 11.8. The Labute approximate surface area is 106 Å². The van der Waals surface area contributed by atoms with Gasteiger partial charge in [0, 0.05) is 6.54 Å². The molecule has 2 nitrogen and oxygen atoms in total. The minimum absolute atomic E-state index is 0.261. The summed E-state index contributed by atoms with van der Waals surface area (Å²) in [5, 5.41) is 14.2. The summed E-state index contributed by atoms with van der Waals surface area (Å²) in [6.45, 7) is 1.66. The topological polar surface area (TPSA) is 32.3 Å². The van der Waals surface area contributed by atoms with Crippen molar-refractivity contribution in [1.82, 2.24) is 5.32 Å². The van der Waals surface area contributed by atoms with Gasteiger partial charge in [-0.2, -0.15) is 0 Å². The lowest BCUT2D eigenvalue weighted by Gasteiger charge is -2.28. The third kappa shape index (κ3) is 2.89. The van der Waals surface area contributed by atoms with E-state index < -0.39 is 0 Å². The molecule has 1 aromatic carbocycles. The molecule has 0 aliphatic carbocycles. The monoisotopic (exact) mass is 259 g/mol. The minimum atomic E-state index is -0.261. The molecular weight excluding hydrogens is 245 g/mol. The summed E-state index contributed by atoms with van der Waals surface area (Å²) in [6, 6.07) is 5.67. The van der Waals surface area contributed by atoms with E-state index in [9.17, 15) is 5.11 Å². The molecule has 2 N–H and O–H groups in total. The number of aliphatic hydroxyl groups excluding tert-OH is 1. The first-order chi connectivity index (χ1) is 7.66. The molecule has 1 fully saturated rings. The number of piperidine rings is 1. The van der Waals surface area contributed by atoms with Crippen LogP contribution in [0.15, 0.2) is 18.2 Å². The molecule has 2 unspecified atom stereocenters. The normalized spacial score (nSPS) is 25.7. The maximum atomic E-state index is 9.83. The van der Waals surface area contributed by atoms with Gasteiger partial charge < -0.3 is 10.4 Å². The Morgan fingerprint density at radius 3 is 2.81 bits per heavy atom. The second-order valence-corrected chi connectivity index (χ2v) is 5.09. The average Bonchev–Trinajstić information content (AvgIpc) is 2.27. The summed E-state index contributed by atoms with van der Waals surface area (Å²) in [6.07, 6.45) is 1.60. The van der Waals surface area contributed by atoms with E-state index in [0.717, 1.165) is 24.9 Å². The minimum Gasteiger partial charge on any atom is -0.392 e. The van der Waals surface area contributed by atoms with Crippen molar-refractivity contribution in [2.24, 2.45) is 5.92 Å². The lowest BCUT2D eigenvalue weighted by atomic mass is 9.89. The van der Waals surface area contributed by atoms with E-state index in [1.165, 1.54) is 0 Å². The molecule has 16 heavy (non-hydrogen) atoms. The van der Waals surface area contributed by atoms with Crippen LogP contribution >= 0.6 is 23.2 Å². The Balaban J connectivity index is 2.05. The Kier molecular flexibility index (Phi) is 4.09. The highest BCUT2D eigenvalue weighted by molar-refractivity contribution is 6.42. The molecule has 1 aliphatic heterocycles. The van der Waals surface area contributed by atoms with Crippen LogP contribution in [0.4, 0.5) is 0 Å². The fraction of sp³-hybridized carbons (Fsp3) is 0.500. The van der Waals surface area contributed by atoms with Gasteiger partial charge in [-0.05, 0) is 43.0 Å². The predicted molar refractivity (Wildman–Crippen MR) is 67.1 cm³/mol. The Bertz CT molecular complexity index is 370. The molecule has 2 atom stereocenters. The predicted octanol–water partition coefficient (Wildman–Crippen LogP) is 2.51.